The SMILES string of the molecule is Ic1cccc(NC2CCC2)c1. The molecule has 0 heterocycles. The Bertz CT molecular complexity index is 268. The Balaban J connectivity index is 2.02. The van der Waals surface area contributed by atoms with Crippen LogP contribution in [0.1, 0.15) is 19.3 Å². The lowest BCUT2D eigenvalue weighted by Gasteiger charge is -2.27. The third-order valence-electron chi connectivity index (χ3n) is 2.30. The number of rotatable bonds is 2. The van der Waals surface area contributed by atoms with Gasteiger partial charge in [-0.15, -0.1) is 0 Å². The van der Waals surface area contributed by atoms with Crippen molar-refractivity contribution in [2.45, 2.75) is 25.3 Å². The van der Waals surface area contributed by atoms with Crippen LogP contribution in [-0.2, 0) is 0 Å². The van der Waals surface area contributed by atoms with Crippen LogP contribution in [0.15, 0.2) is 24.3 Å². The Morgan fingerprint density at radius 3 is 2.75 bits per heavy atom. The maximum atomic E-state index is 3.51. The Morgan fingerprint density at radius 2 is 2.17 bits per heavy atom. The van der Waals surface area contributed by atoms with E-state index in [0.717, 1.165) is 6.04 Å². The van der Waals surface area contributed by atoms with Gasteiger partial charge in [0.2, 0.25) is 0 Å². The van der Waals surface area contributed by atoms with E-state index in [1.165, 1.54) is 28.5 Å². The Kier molecular flexibility index (Phi) is 2.54. The van der Waals surface area contributed by atoms with Crippen LogP contribution in [0.3, 0.4) is 0 Å². The average molecular weight is 273 g/mol. The molecule has 0 aliphatic heterocycles. The molecule has 0 saturated heterocycles. The zero-order chi connectivity index (χ0) is 8.39. The monoisotopic (exact) mass is 273 g/mol. The van der Waals surface area contributed by atoms with Crippen molar-refractivity contribution in [3.05, 3.63) is 27.8 Å². The van der Waals surface area contributed by atoms with E-state index in [1.807, 2.05) is 0 Å². The van der Waals surface area contributed by atoms with E-state index in [2.05, 4.69) is 52.2 Å². The fraction of sp³-hybridized carbons (Fsp3) is 0.400. The van der Waals surface area contributed by atoms with Gasteiger partial charge in [-0.1, -0.05) is 6.07 Å². The first-order valence-electron chi connectivity index (χ1n) is 4.37. The molecular formula is C10H12IN. The molecule has 1 fully saturated rings. The summed E-state index contributed by atoms with van der Waals surface area (Å²) in [6, 6.07) is 9.29. The molecule has 1 aliphatic carbocycles. The average Bonchev–Trinajstić information content (AvgIpc) is 1.97. The predicted octanol–water partition coefficient (Wildman–Crippen LogP) is 3.26. The van der Waals surface area contributed by atoms with Crippen LogP contribution in [0.5, 0.6) is 0 Å². The third kappa shape index (κ3) is 1.91. The summed E-state index contributed by atoms with van der Waals surface area (Å²) in [5.41, 5.74) is 1.27. The van der Waals surface area contributed by atoms with E-state index >= 15 is 0 Å². The number of hydrogen-bond acceptors (Lipinski definition) is 1. The van der Waals surface area contributed by atoms with E-state index in [4.69, 9.17) is 0 Å². The second-order valence-electron chi connectivity index (χ2n) is 3.28. The highest BCUT2D eigenvalue weighted by molar-refractivity contribution is 14.1. The van der Waals surface area contributed by atoms with Crippen LogP contribution < -0.4 is 5.32 Å². The van der Waals surface area contributed by atoms with E-state index in [0.29, 0.717) is 0 Å². The maximum Gasteiger partial charge on any atom is 0.0352 e. The molecule has 1 N–H and O–H groups in total. The first-order chi connectivity index (χ1) is 5.84. The summed E-state index contributed by atoms with van der Waals surface area (Å²) < 4.78 is 1.30. The smallest absolute Gasteiger partial charge is 0.0352 e. The molecule has 1 aromatic rings. The summed E-state index contributed by atoms with van der Waals surface area (Å²) in [6.07, 6.45) is 4.07. The Morgan fingerprint density at radius 1 is 1.33 bits per heavy atom. The number of halogens is 1. The quantitative estimate of drug-likeness (QED) is 0.815. The first-order valence-corrected chi connectivity index (χ1v) is 5.44. The molecule has 0 aromatic heterocycles. The summed E-state index contributed by atoms with van der Waals surface area (Å²) in [6.45, 7) is 0. The van der Waals surface area contributed by atoms with Crippen LogP contribution in [0.25, 0.3) is 0 Å². The molecule has 2 heteroatoms. The normalized spacial score (nSPS) is 17.1. The van der Waals surface area contributed by atoms with Crippen LogP contribution in [-0.4, -0.2) is 6.04 Å². The second-order valence-corrected chi connectivity index (χ2v) is 4.53. The predicted molar refractivity (Wildman–Crippen MR) is 60.4 cm³/mol. The molecule has 12 heavy (non-hydrogen) atoms. The second kappa shape index (κ2) is 3.64. The molecule has 0 amide bonds. The number of benzene rings is 1. The van der Waals surface area contributed by atoms with E-state index < -0.39 is 0 Å². The Labute approximate surface area is 86.7 Å². The molecule has 0 radical (unpaired) electrons. The number of hydrogen-bond donors (Lipinski definition) is 1. The van der Waals surface area contributed by atoms with Crippen LogP contribution in [0, 0.1) is 3.57 Å². The van der Waals surface area contributed by atoms with Gasteiger partial charge in [-0.2, -0.15) is 0 Å². The van der Waals surface area contributed by atoms with Gasteiger partial charge in [0.25, 0.3) is 0 Å². The lowest BCUT2D eigenvalue weighted by molar-refractivity contribution is 0.445. The molecule has 0 spiro atoms. The minimum atomic E-state index is 0.739. The molecule has 64 valence electrons. The Hall–Kier alpha value is -0.250. The lowest BCUT2D eigenvalue weighted by Crippen LogP contribution is -2.26. The van der Waals surface area contributed by atoms with Crippen molar-refractivity contribution < 1.29 is 0 Å². The standard InChI is InChI=1S/C10H12IN/c11-8-3-1-6-10(7-8)12-9-4-2-5-9/h1,3,6-7,9,12H,2,4-5H2. The zero-order valence-electron chi connectivity index (χ0n) is 6.89. The molecule has 0 bridgehead atoms. The van der Waals surface area contributed by atoms with Gasteiger partial charge in [-0.3, -0.25) is 0 Å². The number of nitrogens with one attached hydrogen (secondary N) is 1. The van der Waals surface area contributed by atoms with Gasteiger partial charge in [-0.25, -0.2) is 0 Å². The minimum Gasteiger partial charge on any atom is -0.382 e. The van der Waals surface area contributed by atoms with Crippen LogP contribution >= 0.6 is 22.6 Å². The first kappa shape index (κ1) is 8.35. The van der Waals surface area contributed by atoms with Gasteiger partial charge in [-0.05, 0) is 60.1 Å². The number of anilines is 1. The van der Waals surface area contributed by atoms with Gasteiger partial charge in [0.1, 0.15) is 0 Å². The summed E-state index contributed by atoms with van der Waals surface area (Å²) in [4.78, 5) is 0. The zero-order valence-corrected chi connectivity index (χ0v) is 9.04. The van der Waals surface area contributed by atoms with Gasteiger partial charge in [0, 0.05) is 15.3 Å². The fourth-order valence-corrected chi connectivity index (χ4v) is 1.91. The summed E-state index contributed by atoms with van der Waals surface area (Å²) in [5, 5.41) is 3.51. The van der Waals surface area contributed by atoms with Gasteiger partial charge in [0.05, 0.1) is 0 Å². The summed E-state index contributed by atoms with van der Waals surface area (Å²) in [7, 11) is 0. The van der Waals surface area contributed by atoms with Crippen molar-refractivity contribution in [1.29, 1.82) is 0 Å². The molecule has 2 rings (SSSR count). The third-order valence-corrected chi connectivity index (χ3v) is 2.97. The molecule has 1 aromatic carbocycles. The van der Waals surface area contributed by atoms with Crippen molar-refractivity contribution in [1.82, 2.24) is 0 Å². The van der Waals surface area contributed by atoms with E-state index in [-0.39, 0.29) is 0 Å². The van der Waals surface area contributed by atoms with Gasteiger partial charge >= 0.3 is 0 Å². The molecule has 0 unspecified atom stereocenters. The van der Waals surface area contributed by atoms with Crippen molar-refractivity contribution in [2.24, 2.45) is 0 Å². The van der Waals surface area contributed by atoms with E-state index in [1.54, 1.807) is 0 Å². The maximum absolute atomic E-state index is 3.51. The van der Waals surface area contributed by atoms with Gasteiger partial charge < -0.3 is 5.32 Å². The highest BCUT2D eigenvalue weighted by atomic mass is 127. The topological polar surface area (TPSA) is 12.0 Å². The molecule has 1 nitrogen and oxygen atoms in total. The van der Waals surface area contributed by atoms with Crippen LogP contribution in [0.4, 0.5) is 5.69 Å². The molecule has 0 atom stereocenters. The van der Waals surface area contributed by atoms with Crippen molar-refractivity contribution >= 4 is 28.3 Å². The molecular weight excluding hydrogens is 261 g/mol. The van der Waals surface area contributed by atoms with Crippen LogP contribution in [0.2, 0.25) is 0 Å². The highest BCUT2D eigenvalue weighted by Gasteiger charge is 2.16. The van der Waals surface area contributed by atoms with Crippen molar-refractivity contribution in [3.8, 4) is 0 Å². The van der Waals surface area contributed by atoms with E-state index in [9.17, 15) is 0 Å². The summed E-state index contributed by atoms with van der Waals surface area (Å²) >= 11 is 2.34. The van der Waals surface area contributed by atoms with Crippen molar-refractivity contribution in [3.63, 3.8) is 0 Å². The molecule has 1 saturated carbocycles. The molecule has 1 aliphatic rings. The summed E-state index contributed by atoms with van der Waals surface area (Å²) in [5.74, 6) is 0. The lowest BCUT2D eigenvalue weighted by atomic mass is 9.93. The van der Waals surface area contributed by atoms with Gasteiger partial charge in [0.15, 0.2) is 0 Å². The van der Waals surface area contributed by atoms with Crippen molar-refractivity contribution in [2.75, 3.05) is 5.32 Å². The highest BCUT2D eigenvalue weighted by Crippen LogP contribution is 2.23. The minimum absolute atomic E-state index is 0.739. The largest absolute Gasteiger partial charge is 0.382 e. The fourth-order valence-electron chi connectivity index (χ4n) is 1.37.